The first-order chi connectivity index (χ1) is 6.86. The van der Waals surface area contributed by atoms with E-state index in [4.69, 9.17) is 0 Å². The second-order valence-corrected chi connectivity index (χ2v) is 3.96. The molecule has 0 aliphatic carbocycles. The smallest absolute Gasteiger partial charge is 0.348 e. The van der Waals surface area contributed by atoms with E-state index in [0.717, 1.165) is 0 Å². The highest BCUT2D eigenvalue weighted by Gasteiger charge is 2.34. The third kappa shape index (κ3) is 2.59. The van der Waals surface area contributed by atoms with E-state index < -0.39 is 17.7 Å². The van der Waals surface area contributed by atoms with Gasteiger partial charge in [0.2, 0.25) is 5.78 Å². The number of alkyl halides is 2. The molecule has 0 atom stereocenters. The van der Waals surface area contributed by atoms with Crippen molar-refractivity contribution in [3.05, 3.63) is 21.9 Å². The van der Waals surface area contributed by atoms with E-state index in [1.165, 1.54) is 19.2 Å². The average molecular weight is 234 g/mol. The van der Waals surface area contributed by atoms with Gasteiger partial charge in [0.25, 0.3) is 0 Å². The topological polar surface area (TPSA) is 43.4 Å². The van der Waals surface area contributed by atoms with Gasteiger partial charge in [-0.1, -0.05) is 0 Å². The second-order valence-electron chi connectivity index (χ2n) is 2.87. The maximum Gasteiger partial charge on any atom is 0.348 e. The van der Waals surface area contributed by atoms with Crippen LogP contribution in [0.2, 0.25) is 0 Å². The van der Waals surface area contributed by atoms with Gasteiger partial charge in [-0.05, 0) is 12.1 Å². The molecular weight excluding hydrogens is 226 g/mol. The molecule has 82 valence electrons. The van der Waals surface area contributed by atoms with Crippen LogP contribution in [-0.4, -0.2) is 24.8 Å². The Kier molecular flexibility index (Phi) is 3.18. The van der Waals surface area contributed by atoms with E-state index >= 15 is 0 Å². The van der Waals surface area contributed by atoms with Gasteiger partial charge in [-0.15, -0.1) is 11.3 Å². The van der Waals surface area contributed by atoms with Crippen molar-refractivity contribution in [1.82, 2.24) is 0 Å². The molecule has 0 aliphatic rings. The zero-order chi connectivity index (χ0) is 11.6. The number of hydrogen-bond acceptors (Lipinski definition) is 4. The van der Waals surface area contributed by atoms with Gasteiger partial charge in [-0.25, -0.2) is 4.79 Å². The summed E-state index contributed by atoms with van der Waals surface area (Å²) in [6.07, 6.45) is 0. The van der Waals surface area contributed by atoms with Crippen molar-refractivity contribution in [2.24, 2.45) is 0 Å². The van der Waals surface area contributed by atoms with Crippen LogP contribution in [0.25, 0.3) is 0 Å². The lowest BCUT2D eigenvalue weighted by Crippen LogP contribution is -2.23. The van der Waals surface area contributed by atoms with Gasteiger partial charge >= 0.3 is 11.9 Å². The first-order valence-electron chi connectivity index (χ1n) is 3.97. The largest absolute Gasteiger partial charge is 0.465 e. The summed E-state index contributed by atoms with van der Waals surface area (Å²) in [5, 5.41) is 0. The van der Waals surface area contributed by atoms with Crippen molar-refractivity contribution >= 4 is 23.1 Å². The monoisotopic (exact) mass is 234 g/mol. The Labute approximate surface area is 88.7 Å². The lowest BCUT2D eigenvalue weighted by atomic mass is 10.2. The summed E-state index contributed by atoms with van der Waals surface area (Å²) in [7, 11) is 1.18. The summed E-state index contributed by atoms with van der Waals surface area (Å²) in [4.78, 5) is 22.1. The zero-order valence-electron chi connectivity index (χ0n) is 8.04. The van der Waals surface area contributed by atoms with E-state index in [2.05, 4.69) is 4.74 Å². The number of ether oxygens (including phenoxy) is 1. The number of methoxy groups -OCH3 is 1. The molecule has 1 aromatic heterocycles. The van der Waals surface area contributed by atoms with Crippen LogP contribution < -0.4 is 0 Å². The predicted molar refractivity (Wildman–Crippen MR) is 50.6 cm³/mol. The summed E-state index contributed by atoms with van der Waals surface area (Å²) in [6.45, 7) is 0.521. The predicted octanol–water partition coefficient (Wildman–Crippen LogP) is 2.37. The third-order valence-electron chi connectivity index (χ3n) is 1.62. The highest BCUT2D eigenvalue weighted by Crippen LogP contribution is 2.25. The molecule has 0 unspecified atom stereocenters. The number of thiophene rings is 1. The summed E-state index contributed by atoms with van der Waals surface area (Å²) < 4.78 is 29.7. The molecule has 1 aromatic rings. The molecule has 0 spiro atoms. The lowest BCUT2D eigenvalue weighted by Gasteiger charge is -2.05. The van der Waals surface area contributed by atoms with Crippen molar-refractivity contribution in [2.45, 2.75) is 12.8 Å². The maximum atomic E-state index is 12.6. The SMILES string of the molecule is COC(=O)c1ccc(C(=O)C(C)(F)F)s1. The molecule has 0 bridgehead atoms. The van der Waals surface area contributed by atoms with E-state index in [-0.39, 0.29) is 9.75 Å². The summed E-state index contributed by atoms with van der Waals surface area (Å²) in [5.74, 6) is -5.35. The molecule has 0 fully saturated rings. The van der Waals surface area contributed by atoms with Crippen LogP contribution in [0.5, 0.6) is 0 Å². The number of halogens is 2. The second kappa shape index (κ2) is 4.06. The van der Waals surface area contributed by atoms with Gasteiger partial charge < -0.3 is 4.74 Å². The van der Waals surface area contributed by atoms with E-state index in [1.807, 2.05) is 0 Å². The van der Waals surface area contributed by atoms with Crippen LogP contribution in [0, 0.1) is 0 Å². The van der Waals surface area contributed by atoms with Crippen molar-refractivity contribution in [1.29, 1.82) is 0 Å². The molecule has 0 saturated heterocycles. The highest BCUT2D eigenvalue weighted by molar-refractivity contribution is 7.16. The maximum absolute atomic E-state index is 12.6. The van der Waals surface area contributed by atoms with Crippen molar-refractivity contribution < 1.29 is 23.1 Å². The minimum atomic E-state index is -3.42. The summed E-state index contributed by atoms with van der Waals surface area (Å²) in [6, 6.07) is 2.48. The van der Waals surface area contributed by atoms with Crippen LogP contribution in [0.1, 0.15) is 26.3 Å². The third-order valence-corrected chi connectivity index (χ3v) is 2.68. The van der Waals surface area contributed by atoms with Crippen LogP contribution in [-0.2, 0) is 4.74 Å². The quantitative estimate of drug-likeness (QED) is 0.595. The van der Waals surface area contributed by atoms with Gasteiger partial charge in [-0.3, -0.25) is 4.79 Å². The Morgan fingerprint density at radius 3 is 2.33 bits per heavy atom. The van der Waals surface area contributed by atoms with E-state index in [9.17, 15) is 18.4 Å². The van der Waals surface area contributed by atoms with Crippen LogP contribution >= 0.6 is 11.3 Å². The lowest BCUT2D eigenvalue weighted by molar-refractivity contribution is 0.0226. The molecule has 0 aliphatic heterocycles. The molecular formula is C9H8F2O3S. The van der Waals surface area contributed by atoms with Crippen LogP contribution in [0.4, 0.5) is 8.78 Å². The molecule has 0 saturated carbocycles. The number of esters is 1. The number of hydrogen-bond donors (Lipinski definition) is 0. The zero-order valence-corrected chi connectivity index (χ0v) is 8.86. The molecule has 1 heterocycles. The normalized spacial score (nSPS) is 11.2. The number of carbonyl (C=O) groups excluding carboxylic acids is 2. The fourth-order valence-electron chi connectivity index (χ4n) is 0.887. The van der Waals surface area contributed by atoms with Crippen molar-refractivity contribution in [2.75, 3.05) is 7.11 Å². The summed E-state index contributed by atoms with van der Waals surface area (Å²) in [5.41, 5.74) is 0. The Morgan fingerprint density at radius 1 is 1.33 bits per heavy atom. The van der Waals surface area contributed by atoms with Gasteiger partial charge in [-0.2, -0.15) is 8.78 Å². The first kappa shape index (κ1) is 11.8. The van der Waals surface area contributed by atoms with Crippen LogP contribution in [0.3, 0.4) is 0 Å². The molecule has 3 nitrogen and oxygen atoms in total. The molecule has 0 radical (unpaired) electrons. The standard InChI is InChI=1S/C9H8F2O3S/c1-9(10,11)7(12)5-3-4-6(15-5)8(13)14-2/h3-4H,1-2H3. The van der Waals surface area contributed by atoms with Gasteiger partial charge in [0.05, 0.1) is 12.0 Å². The molecule has 0 N–H and O–H groups in total. The molecule has 6 heteroatoms. The fourth-order valence-corrected chi connectivity index (χ4v) is 1.83. The van der Waals surface area contributed by atoms with Gasteiger partial charge in [0.1, 0.15) is 4.88 Å². The molecule has 1 rings (SSSR count). The number of Topliss-reactive ketones (excluding diaryl/α,β-unsaturated/α-hetero) is 1. The molecule has 0 aromatic carbocycles. The Morgan fingerprint density at radius 2 is 1.87 bits per heavy atom. The Hall–Kier alpha value is -1.30. The van der Waals surface area contributed by atoms with Gasteiger partial charge in [0.15, 0.2) is 0 Å². The molecule has 0 amide bonds. The first-order valence-corrected chi connectivity index (χ1v) is 4.78. The number of carbonyl (C=O) groups is 2. The number of ketones is 1. The summed E-state index contributed by atoms with van der Waals surface area (Å²) >= 11 is 0.696. The molecule has 15 heavy (non-hydrogen) atoms. The fraction of sp³-hybridized carbons (Fsp3) is 0.333. The van der Waals surface area contributed by atoms with E-state index in [0.29, 0.717) is 18.3 Å². The van der Waals surface area contributed by atoms with Crippen molar-refractivity contribution in [3.63, 3.8) is 0 Å². The highest BCUT2D eigenvalue weighted by atomic mass is 32.1. The van der Waals surface area contributed by atoms with Gasteiger partial charge in [0, 0.05) is 6.92 Å². The van der Waals surface area contributed by atoms with Crippen LogP contribution in [0.15, 0.2) is 12.1 Å². The average Bonchev–Trinajstić information content (AvgIpc) is 2.62. The Bertz CT molecular complexity index is 392. The van der Waals surface area contributed by atoms with E-state index in [1.54, 1.807) is 0 Å². The Balaban J connectivity index is 2.95. The minimum absolute atomic E-state index is 0.130. The minimum Gasteiger partial charge on any atom is -0.465 e. The van der Waals surface area contributed by atoms with Crippen molar-refractivity contribution in [3.8, 4) is 0 Å². The number of rotatable bonds is 3.